The van der Waals surface area contributed by atoms with Crippen LogP contribution in [0.15, 0.2) is 36.9 Å². The van der Waals surface area contributed by atoms with Gasteiger partial charge in [0, 0.05) is 0 Å². The lowest BCUT2D eigenvalue weighted by Crippen LogP contribution is -2.04. The van der Waals surface area contributed by atoms with Crippen LogP contribution in [0.25, 0.3) is 0 Å². The van der Waals surface area contributed by atoms with Crippen molar-refractivity contribution in [3.63, 3.8) is 0 Å². The van der Waals surface area contributed by atoms with E-state index in [0.717, 1.165) is 11.1 Å². The molecule has 0 spiro atoms. The molecular formula is C12H14O3. The summed E-state index contributed by atoms with van der Waals surface area (Å²) < 4.78 is 5.28. The predicted octanol–water partition coefficient (Wildman–Crippen LogP) is 2.02. The van der Waals surface area contributed by atoms with Gasteiger partial charge in [-0.05, 0) is 11.1 Å². The lowest BCUT2D eigenvalue weighted by atomic mass is 10.1. The highest BCUT2D eigenvalue weighted by molar-refractivity contribution is 5.70. The molecule has 0 saturated carbocycles. The standard InChI is InChI=1S/C12H14O3/c1-2-7-15-9-11-6-4-3-5-10(11)8-12(13)14/h2-6H,1,7-9H2,(H,13,14). The number of aliphatic carboxylic acids is 1. The second-order valence-corrected chi connectivity index (χ2v) is 3.14. The lowest BCUT2D eigenvalue weighted by molar-refractivity contribution is -0.136. The molecular weight excluding hydrogens is 192 g/mol. The van der Waals surface area contributed by atoms with E-state index < -0.39 is 5.97 Å². The fourth-order valence-electron chi connectivity index (χ4n) is 1.29. The van der Waals surface area contributed by atoms with Crippen molar-refractivity contribution in [2.24, 2.45) is 0 Å². The third-order valence-corrected chi connectivity index (χ3v) is 1.95. The molecule has 15 heavy (non-hydrogen) atoms. The topological polar surface area (TPSA) is 46.5 Å². The molecule has 0 aliphatic heterocycles. The number of carboxylic acid groups (broad SMARTS) is 1. The molecule has 0 amide bonds. The van der Waals surface area contributed by atoms with Crippen molar-refractivity contribution in [1.29, 1.82) is 0 Å². The summed E-state index contributed by atoms with van der Waals surface area (Å²) >= 11 is 0. The van der Waals surface area contributed by atoms with Crippen LogP contribution in [-0.2, 0) is 22.6 Å². The zero-order valence-corrected chi connectivity index (χ0v) is 8.48. The summed E-state index contributed by atoms with van der Waals surface area (Å²) in [7, 11) is 0. The van der Waals surface area contributed by atoms with E-state index in [2.05, 4.69) is 6.58 Å². The van der Waals surface area contributed by atoms with Crippen molar-refractivity contribution in [1.82, 2.24) is 0 Å². The van der Waals surface area contributed by atoms with Crippen molar-refractivity contribution >= 4 is 5.97 Å². The smallest absolute Gasteiger partial charge is 0.307 e. The van der Waals surface area contributed by atoms with E-state index >= 15 is 0 Å². The van der Waals surface area contributed by atoms with Gasteiger partial charge in [0.2, 0.25) is 0 Å². The van der Waals surface area contributed by atoms with Crippen LogP contribution in [0.4, 0.5) is 0 Å². The third kappa shape index (κ3) is 3.95. The van der Waals surface area contributed by atoms with E-state index in [1.54, 1.807) is 12.1 Å². The van der Waals surface area contributed by atoms with Crippen LogP contribution >= 0.6 is 0 Å². The van der Waals surface area contributed by atoms with Gasteiger partial charge in [-0.15, -0.1) is 6.58 Å². The first-order valence-electron chi connectivity index (χ1n) is 4.71. The Labute approximate surface area is 89.0 Å². The molecule has 0 heterocycles. The van der Waals surface area contributed by atoms with E-state index in [0.29, 0.717) is 13.2 Å². The zero-order chi connectivity index (χ0) is 11.1. The number of benzene rings is 1. The average Bonchev–Trinajstić information content (AvgIpc) is 2.20. The normalized spacial score (nSPS) is 9.87. The molecule has 0 aromatic heterocycles. The van der Waals surface area contributed by atoms with Gasteiger partial charge in [0.15, 0.2) is 0 Å². The fraction of sp³-hybridized carbons (Fsp3) is 0.250. The third-order valence-electron chi connectivity index (χ3n) is 1.95. The van der Waals surface area contributed by atoms with Crippen molar-refractivity contribution < 1.29 is 14.6 Å². The van der Waals surface area contributed by atoms with Crippen LogP contribution < -0.4 is 0 Å². The van der Waals surface area contributed by atoms with E-state index in [-0.39, 0.29) is 6.42 Å². The van der Waals surface area contributed by atoms with Crippen molar-refractivity contribution in [2.75, 3.05) is 6.61 Å². The van der Waals surface area contributed by atoms with Gasteiger partial charge >= 0.3 is 5.97 Å². The molecule has 3 nitrogen and oxygen atoms in total. The molecule has 0 atom stereocenters. The van der Waals surface area contributed by atoms with Gasteiger partial charge in [-0.3, -0.25) is 4.79 Å². The first-order valence-corrected chi connectivity index (χ1v) is 4.71. The van der Waals surface area contributed by atoms with Crippen LogP contribution in [0.3, 0.4) is 0 Å². The Hall–Kier alpha value is -1.61. The van der Waals surface area contributed by atoms with Crippen LogP contribution in [-0.4, -0.2) is 17.7 Å². The number of hydrogen-bond donors (Lipinski definition) is 1. The van der Waals surface area contributed by atoms with Crippen molar-refractivity contribution in [3.8, 4) is 0 Å². The monoisotopic (exact) mass is 206 g/mol. The molecule has 80 valence electrons. The van der Waals surface area contributed by atoms with E-state index in [1.807, 2.05) is 18.2 Å². The predicted molar refractivity (Wildman–Crippen MR) is 57.6 cm³/mol. The lowest BCUT2D eigenvalue weighted by Gasteiger charge is -2.07. The molecule has 3 heteroatoms. The Morgan fingerprint density at radius 2 is 2.07 bits per heavy atom. The molecule has 1 aromatic carbocycles. The van der Waals surface area contributed by atoms with Gasteiger partial charge in [-0.2, -0.15) is 0 Å². The Balaban J connectivity index is 2.67. The maximum atomic E-state index is 10.6. The SMILES string of the molecule is C=CCOCc1ccccc1CC(=O)O. The number of rotatable bonds is 6. The number of ether oxygens (including phenoxy) is 1. The summed E-state index contributed by atoms with van der Waals surface area (Å²) in [5.74, 6) is -0.828. The van der Waals surface area contributed by atoms with Crippen LogP contribution in [0, 0.1) is 0 Å². The Morgan fingerprint density at radius 1 is 1.40 bits per heavy atom. The van der Waals surface area contributed by atoms with Gasteiger partial charge in [-0.1, -0.05) is 30.3 Å². The quantitative estimate of drug-likeness (QED) is 0.572. The zero-order valence-electron chi connectivity index (χ0n) is 8.48. The molecule has 0 fully saturated rings. The van der Waals surface area contributed by atoms with Crippen LogP contribution in [0.2, 0.25) is 0 Å². The first-order chi connectivity index (χ1) is 7.24. The van der Waals surface area contributed by atoms with Gasteiger partial charge < -0.3 is 9.84 Å². The molecule has 0 bridgehead atoms. The maximum absolute atomic E-state index is 10.6. The van der Waals surface area contributed by atoms with E-state index in [1.165, 1.54) is 0 Å². The highest BCUT2D eigenvalue weighted by atomic mass is 16.5. The molecule has 1 N–H and O–H groups in total. The minimum Gasteiger partial charge on any atom is -0.481 e. The van der Waals surface area contributed by atoms with Crippen LogP contribution in [0.5, 0.6) is 0 Å². The fourth-order valence-corrected chi connectivity index (χ4v) is 1.29. The van der Waals surface area contributed by atoms with Gasteiger partial charge in [-0.25, -0.2) is 0 Å². The number of carbonyl (C=O) groups is 1. The molecule has 0 aliphatic rings. The Morgan fingerprint density at radius 3 is 2.67 bits per heavy atom. The molecule has 1 rings (SSSR count). The summed E-state index contributed by atoms with van der Waals surface area (Å²) in [6.07, 6.45) is 1.70. The summed E-state index contributed by atoms with van der Waals surface area (Å²) in [5.41, 5.74) is 1.72. The van der Waals surface area contributed by atoms with Gasteiger partial charge in [0.05, 0.1) is 19.6 Å². The van der Waals surface area contributed by atoms with E-state index in [9.17, 15) is 4.79 Å². The minimum atomic E-state index is -0.828. The molecule has 0 saturated heterocycles. The minimum absolute atomic E-state index is 0.0353. The Bertz CT molecular complexity index is 344. The summed E-state index contributed by atoms with van der Waals surface area (Å²) in [5, 5.41) is 8.71. The summed E-state index contributed by atoms with van der Waals surface area (Å²) in [6, 6.07) is 7.38. The summed E-state index contributed by atoms with van der Waals surface area (Å²) in [6.45, 7) is 4.44. The van der Waals surface area contributed by atoms with Crippen LogP contribution in [0.1, 0.15) is 11.1 Å². The number of carboxylic acids is 1. The van der Waals surface area contributed by atoms with Gasteiger partial charge in [0.1, 0.15) is 0 Å². The largest absolute Gasteiger partial charge is 0.481 e. The Kier molecular flexibility index (Phi) is 4.57. The second kappa shape index (κ2) is 5.98. The van der Waals surface area contributed by atoms with E-state index in [4.69, 9.17) is 9.84 Å². The van der Waals surface area contributed by atoms with Crippen molar-refractivity contribution in [2.45, 2.75) is 13.0 Å². The van der Waals surface area contributed by atoms with Gasteiger partial charge in [0.25, 0.3) is 0 Å². The highest BCUT2D eigenvalue weighted by Gasteiger charge is 2.05. The number of hydrogen-bond acceptors (Lipinski definition) is 2. The maximum Gasteiger partial charge on any atom is 0.307 e. The van der Waals surface area contributed by atoms with Crippen molar-refractivity contribution in [3.05, 3.63) is 48.0 Å². The summed E-state index contributed by atoms with van der Waals surface area (Å²) in [4.78, 5) is 10.6. The molecule has 0 aliphatic carbocycles. The molecule has 0 radical (unpaired) electrons. The average molecular weight is 206 g/mol. The highest BCUT2D eigenvalue weighted by Crippen LogP contribution is 2.10. The second-order valence-electron chi connectivity index (χ2n) is 3.14. The first kappa shape index (κ1) is 11.5. The molecule has 0 unspecified atom stereocenters. The molecule has 1 aromatic rings.